The van der Waals surface area contributed by atoms with Gasteiger partial charge in [0.1, 0.15) is 5.75 Å². The fraction of sp³-hybridized carbons (Fsp3) is 0.357. The standard InChI is InChI=1S/C14H17N5O4S/c1-5-13-16-17-14(24-4)18(13)15-8-9-6-10(19(20)21)12(23-3)7-11(9)22-2/h6-8H,5H2,1-4H3/b15-8-. The average Bonchev–Trinajstić information content (AvgIpc) is 3.00. The minimum Gasteiger partial charge on any atom is -0.496 e. The molecule has 0 aliphatic heterocycles. The van der Waals surface area contributed by atoms with Gasteiger partial charge in [-0.05, 0) is 6.26 Å². The third kappa shape index (κ3) is 3.48. The topological polar surface area (TPSA) is 105 Å². The minimum absolute atomic E-state index is 0.123. The van der Waals surface area contributed by atoms with Crippen LogP contribution in [0.1, 0.15) is 18.3 Å². The van der Waals surface area contributed by atoms with E-state index in [4.69, 9.17) is 9.47 Å². The smallest absolute Gasteiger partial charge is 0.311 e. The molecule has 0 radical (unpaired) electrons. The maximum atomic E-state index is 11.2. The molecule has 1 heterocycles. The number of hydrogen-bond acceptors (Lipinski definition) is 8. The van der Waals surface area contributed by atoms with E-state index in [1.165, 1.54) is 44.3 Å². The third-order valence-corrected chi connectivity index (χ3v) is 3.84. The molecule has 0 atom stereocenters. The summed E-state index contributed by atoms with van der Waals surface area (Å²) in [6, 6.07) is 2.82. The summed E-state index contributed by atoms with van der Waals surface area (Å²) in [6.45, 7) is 1.94. The van der Waals surface area contributed by atoms with Crippen LogP contribution in [0.5, 0.6) is 11.5 Å². The number of ether oxygens (including phenoxy) is 2. The number of rotatable bonds is 7. The number of methoxy groups -OCH3 is 2. The fourth-order valence-electron chi connectivity index (χ4n) is 2.03. The van der Waals surface area contributed by atoms with E-state index in [9.17, 15) is 10.1 Å². The first-order valence-corrected chi connectivity index (χ1v) is 8.21. The van der Waals surface area contributed by atoms with Crippen molar-refractivity contribution in [3.63, 3.8) is 0 Å². The molecule has 0 fully saturated rings. The van der Waals surface area contributed by atoms with Crippen LogP contribution in [0.3, 0.4) is 0 Å². The van der Waals surface area contributed by atoms with Crippen molar-refractivity contribution in [3.8, 4) is 11.5 Å². The first-order chi connectivity index (χ1) is 11.5. The van der Waals surface area contributed by atoms with Gasteiger partial charge in [0.15, 0.2) is 5.82 Å². The van der Waals surface area contributed by atoms with Gasteiger partial charge in [-0.3, -0.25) is 10.1 Å². The second kappa shape index (κ2) is 7.77. The van der Waals surface area contributed by atoms with E-state index in [0.717, 1.165) is 0 Å². The van der Waals surface area contributed by atoms with Crippen molar-refractivity contribution in [3.05, 3.63) is 33.6 Å². The Kier molecular flexibility index (Phi) is 5.74. The van der Waals surface area contributed by atoms with Crippen molar-refractivity contribution in [1.82, 2.24) is 14.9 Å². The molecule has 0 saturated carbocycles. The molecule has 0 N–H and O–H groups in total. The van der Waals surface area contributed by atoms with E-state index in [0.29, 0.717) is 28.7 Å². The number of benzene rings is 1. The molecule has 1 aromatic carbocycles. The molecule has 128 valence electrons. The van der Waals surface area contributed by atoms with Gasteiger partial charge in [0.25, 0.3) is 0 Å². The minimum atomic E-state index is -0.515. The highest BCUT2D eigenvalue weighted by molar-refractivity contribution is 7.98. The summed E-state index contributed by atoms with van der Waals surface area (Å²) < 4.78 is 11.9. The Balaban J connectivity index is 2.50. The van der Waals surface area contributed by atoms with Crippen molar-refractivity contribution in [1.29, 1.82) is 0 Å². The van der Waals surface area contributed by atoms with Crippen LogP contribution in [0, 0.1) is 10.1 Å². The SMILES string of the molecule is CCc1nnc(SC)n1/N=C\c1cc([N+](=O)[O-])c(OC)cc1OC. The monoisotopic (exact) mass is 351 g/mol. The molecule has 2 rings (SSSR count). The number of nitro benzene ring substituents is 1. The molecule has 24 heavy (non-hydrogen) atoms. The first kappa shape index (κ1) is 17.7. The highest BCUT2D eigenvalue weighted by Crippen LogP contribution is 2.33. The number of hydrogen-bond donors (Lipinski definition) is 0. The van der Waals surface area contributed by atoms with E-state index >= 15 is 0 Å². The average molecular weight is 351 g/mol. The highest BCUT2D eigenvalue weighted by Gasteiger charge is 2.19. The normalized spacial score (nSPS) is 11.0. The Morgan fingerprint density at radius 2 is 2.04 bits per heavy atom. The molecule has 0 aliphatic rings. The lowest BCUT2D eigenvalue weighted by Crippen LogP contribution is -2.01. The molecular weight excluding hydrogens is 334 g/mol. The second-order valence-corrected chi connectivity index (χ2v) is 5.31. The van der Waals surface area contributed by atoms with Crippen molar-refractivity contribution in [2.75, 3.05) is 20.5 Å². The molecule has 9 nitrogen and oxygen atoms in total. The lowest BCUT2D eigenvalue weighted by Gasteiger charge is -2.08. The van der Waals surface area contributed by atoms with Gasteiger partial charge in [-0.1, -0.05) is 18.7 Å². The van der Waals surface area contributed by atoms with Crippen molar-refractivity contribution >= 4 is 23.7 Å². The van der Waals surface area contributed by atoms with Gasteiger partial charge in [-0.25, -0.2) is 0 Å². The van der Waals surface area contributed by atoms with Gasteiger partial charge in [0.2, 0.25) is 10.9 Å². The lowest BCUT2D eigenvalue weighted by atomic mass is 10.1. The predicted octanol–water partition coefficient (Wildman–Crippen LogP) is 2.37. The maximum Gasteiger partial charge on any atom is 0.311 e. The third-order valence-electron chi connectivity index (χ3n) is 3.22. The van der Waals surface area contributed by atoms with Crippen LogP contribution in [-0.2, 0) is 6.42 Å². The highest BCUT2D eigenvalue weighted by atomic mass is 32.2. The molecule has 1 aromatic heterocycles. The van der Waals surface area contributed by atoms with Crippen LogP contribution in [0.4, 0.5) is 5.69 Å². The zero-order chi connectivity index (χ0) is 17.7. The van der Waals surface area contributed by atoms with Crippen LogP contribution in [0.25, 0.3) is 0 Å². The van der Waals surface area contributed by atoms with Gasteiger partial charge in [0, 0.05) is 24.1 Å². The zero-order valence-electron chi connectivity index (χ0n) is 13.7. The van der Waals surface area contributed by atoms with Crippen molar-refractivity contribution in [2.24, 2.45) is 5.10 Å². The van der Waals surface area contributed by atoms with E-state index < -0.39 is 4.92 Å². The zero-order valence-corrected chi connectivity index (χ0v) is 14.5. The Morgan fingerprint density at radius 1 is 1.33 bits per heavy atom. The van der Waals surface area contributed by atoms with Gasteiger partial charge >= 0.3 is 5.69 Å². The van der Waals surface area contributed by atoms with Crippen LogP contribution in [-0.4, -0.2) is 46.5 Å². The summed E-state index contributed by atoms with van der Waals surface area (Å²) in [5.41, 5.74) is 0.289. The largest absolute Gasteiger partial charge is 0.496 e. The molecule has 0 aliphatic carbocycles. The van der Waals surface area contributed by atoms with Gasteiger partial charge < -0.3 is 9.47 Å². The number of aromatic nitrogens is 3. The summed E-state index contributed by atoms with van der Waals surface area (Å²) in [7, 11) is 2.84. The molecule has 0 amide bonds. The van der Waals surface area contributed by atoms with Crippen molar-refractivity contribution < 1.29 is 14.4 Å². The molecule has 0 bridgehead atoms. The van der Waals surface area contributed by atoms with Crippen LogP contribution >= 0.6 is 11.8 Å². The Labute approximate surface area is 142 Å². The van der Waals surface area contributed by atoms with Crippen molar-refractivity contribution in [2.45, 2.75) is 18.5 Å². The first-order valence-electron chi connectivity index (χ1n) is 6.98. The van der Waals surface area contributed by atoms with Crippen LogP contribution < -0.4 is 9.47 Å². The fourth-order valence-corrected chi connectivity index (χ4v) is 2.48. The molecule has 2 aromatic rings. The predicted molar refractivity (Wildman–Crippen MR) is 90.4 cm³/mol. The molecule has 0 unspecified atom stereocenters. The van der Waals surface area contributed by atoms with E-state index in [1.807, 2.05) is 13.2 Å². The second-order valence-electron chi connectivity index (χ2n) is 4.54. The molecule has 0 saturated heterocycles. The Bertz CT molecular complexity index is 753. The quantitative estimate of drug-likeness (QED) is 0.326. The number of nitro groups is 1. The van der Waals surface area contributed by atoms with Gasteiger partial charge in [-0.15, -0.1) is 10.2 Å². The van der Waals surface area contributed by atoms with Crippen LogP contribution in [0.2, 0.25) is 0 Å². The van der Waals surface area contributed by atoms with E-state index in [1.54, 1.807) is 4.68 Å². The van der Waals surface area contributed by atoms with E-state index in [-0.39, 0.29) is 11.4 Å². The van der Waals surface area contributed by atoms with Gasteiger partial charge in [-0.2, -0.15) is 9.78 Å². The number of aryl methyl sites for hydroxylation is 1. The van der Waals surface area contributed by atoms with Gasteiger partial charge in [0.05, 0.1) is 25.4 Å². The van der Waals surface area contributed by atoms with Crippen LogP contribution in [0.15, 0.2) is 22.4 Å². The lowest BCUT2D eigenvalue weighted by molar-refractivity contribution is -0.385. The summed E-state index contributed by atoms with van der Waals surface area (Å²) in [6.07, 6.45) is 4.01. The molecule has 10 heteroatoms. The summed E-state index contributed by atoms with van der Waals surface area (Å²) in [5.74, 6) is 1.23. The Hall–Kier alpha value is -2.62. The Morgan fingerprint density at radius 3 is 2.58 bits per heavy atom. The summed E-state index contributed by atoms with van der Waals surface area (Å²) >= 11 is 1.41. The summed E-state index contributed by atoms with van der Waals surface area (Å²) in [4.78, 5) is 10.7. The number of nitrogens with zero attached hydrogens (tertiary/aromatic N) is 5. The van der Waals surface area contributed by atoms with E-state index in [2.05, 4.69) is 15.3 Å². The maximum absolute atomic E-state index is 11.2. The molecule has 0 spiro atoms. The summed E-state index contributed by atoms with van der Waals surface area (Å²) in [5, 5.41) is 24.2. The molecular formula is C14H17N5O4S. The number of thioether (sulfide) groups is 1.